The summed E-state index contributed by atoms with van der Waals surface area (Å²) in [6.07, 6.45) is 1.46. The fourth-order valence-electron chi connectivity index (χ4n) is 2.03. The number of hydrogen-bond donors (Lipinski definition) is 2. The second-order valence-corrected chi connectivity index (χ2v) is 4.27. The normalized spacial score (nSPS) is 13.1. The standard InChI is InChI=1S/C13H19N3O/c1-2-5-13-15-11-6-3-4-7-12(11)16(13)9-10(17)8-14/h3-4,6-7,10,17H,2,5,8-9,14H2,1H3. The molecule has 0 fully saturated rings. The minimum absolute atomic E-state index is 0.276. The van der Waals surface area contributed by atoms with Crippen LogP contribution in [0.15, 0.2) is 24.3 Å². The molecule has 1 unspecified atom stereocenters. The Hall–Kier alpha value is -1.39. The van der Waals surface area contributed by atoms with Crippen molar-refractivity contribution < 1.29 is 5.11 Å². The van der Waals surface area contributed by atoms with E-state index in [1.54, 1.807) is 0 Å². The van der Waals surface area contributed by atoms with Gasteiger partial charge in [0.1, 0.15) is 5.82 Å². The molecule has 0 saturated heterocycles. The van der Waals surface area contributed by atoms with Crippen LogP contribution in [-0.2, 0) is 13.0 Å². The number of benzene rings is 1. The Kier molecular flexibility index (Phi) is 3.76. The molecule has 0 aliphatic rings. The Labute approximate surface area is 101 Å². The molecular weight excluding hydrogens is 214 g/mol. The molecular formula is C13H19N3O. The van der Waals surface area contributed by atoms with Crippen molar-refractivity contribution in [3.63, 3.8) is 0 Å². The highest BCUT2D eigenvalue weighted by Crippen LogP contribution is 2.17. The zero-order valence-electron chi connectivity index (χ0n) is 10.1. The lowest BCUT2D eigenvalue weighted by atomic mass is 10.3. The molecule has 3 N–H and O–H groups in total. The molecule has 0 amide bonds. The highest BCUT2D eigenvalue weighted by molar-refractivity contribution is 5.75. The highest BCUT2D eigenvalue weighted by Gasteiger charge is 2.12. The highest BCUT2D eigenvalue weighted by atomic mass is 16.3. The van der Waals surface area contributed by atoms with Crippen LogP contribution in [0.4, 0.5) is 0 Å². The lowest BCUT2D eigenvalue weighted by Gasteiger charge is -2.12. The maximum atomic E-state index is 9.71. The maximum Gasteiger partial charge on any atom is 0.109 e. The number of aliphatic hydroxyl groups is 1. The quantitative estimate of drug-likeness (QED) is 0.818. The summed E-state index contributed by atoms with van der Waals surface area (Å²) in [5.74, 6) is 1.03. The minimum atomic E-state index is -0.511. The van der Waals surface area contributed by atoms with Gasteiger partial charge in [0.2, 0.25) is 0 Å². The number of aliphatic hydroxyl groups excluding tert-OH is 1. The van der Waals surface area contributed by atoms with Crippen molar-refractivity contribution in [1.82, 2.24) is 9.55 Å². The third kappa shape index (κ3) is 2.48. The number of nitrogens with two attached hydrogens (primary N) is 1. The van der Waals surface area contributed by atoms with Crippen LogP contribution in [0.1, 0.15) is 19.2 Å². The summed E-state index contributed by atoms with van der Waals surface area (Å²) in [5.41, 5.74) is 7.53. The molecule has 2 rings (SSSR count). The second-order valence-electron chi connectivity index (χ2n) is 4.27. The predicted octanol–water partition coefficient (Wildman–Crippen LogP) is 1.31. The van der Waals surface area contributed by atoms with Crippen molar-refractivity contribution in [3.8, 4) is 0 Å². The average molecular weight is 233 g/mol. The van der Waals surface area contributed by atoms with Gasteiger partial charge in [0, 0.05) is 13.0 Å². The first-order valence-corrected chi connectivity index (χ1v) is 6.08. The minimum Gasteiger partial charge on any atom is -0.390 e. The van der Waals surface area contributed by atoms with Crippen molar-refractivity contribution in [3.05, 3.63) is 30.1 Å². The summed E-state index contributed by atoms with van der Waals surface area (Å²) in [5, 5.41) is 9.71. The first kappa shape index (κ1) is 12.1. The van der Waals surface area contributed by atoms with Crippen molar-refractivity contribution in [2.24, 2.45) is 5.73 Å². The largest absolute Gasteiger partial charge is 0.390 e. The number of imidazole rings is 1. The van der Waals surface area contributed by atoms with Gasteiger partial charge < -0.3 is 15.4 Å². The molecule has 4 nitrogen and oxygen atoms in total. The average Bonchev–Trinajstić information content (AvgIpc) is 2.68. The van der Waals surface area contributed by atoms with Crippen molar-refractivity contribution in [1.29, 1.82) is 0 Å². The Bertz CT molecular complexity index is 492. The zero-order valence-corrected chi connectivity index (χ0v) is 10.1. The van der Waals surface area contributed by atoms with Gasteiger partial charge in [-0.1, -0.05) is 19.1 Å². The monoisotopic (exact) mass is 233 g/mol. The molecule has 1 aromatic carbocycles. The van der Waals surface area contributed by atoms with Crippen molar-refractivity contribution in [2.75, 3.05) is 6.54 Å². The molecule has 0 aliphatic heterocycles. The predicted molar refractivity (Wildman–Crippen MR) is 68.8 cm³/mol. The molecule has 0 spiro atoms. The van der Waals surface area contributed by atoms with E-state index in [9.17, 15) is 5.11 Å². The topological polar surface area (TPSA) is 64.1 Å². The van der Waals surface area contributed by atoms with E-state index in [2.05, 4.69) is 16.5 Å². The van der Waals surface area contributed by atoms with E-state index in [1.807, 2.05) is 24.3 Å². The summed E-state index contributed by atoms with van der Waals surface area (Å²) < 4.78 is 2.08. The number of para-hydroxylation sites is 2. The summed E-state index contributed by atoms with van der Waals surface area (Å²) in [6, 6.07) is 8.00. The first-order chi connectivity index (χ1) is 8.26. The molecule has 17 heavy (non-hydrogen) atoms. The van der Waals surface area contributed by atoms with Gasteiger partial charge in [-0.3, -0.25) is 0 Å². The third-order valence-electron chi connectivity index (χ3n) is 2.87. The van der Waals surface area contributed by atoms with Crippen LogP contribution in [0, 0.1) is 0 Å². The summed E-state index contributed by atoms with van der Waals surface area (Å²) in [4.78, 5) is 4.60. The van der Waals surface area contributed by atoms with Gasteiger partial charge in [-0.25, -0.2) is 4.98 Å². The van der Waals surface area contributed by atoms with E-state index in [4.69, 9.17) is 5.73 Å². The summed E-state index contributed by atoms with van der Waals surface area (Å²) in [7, 11) is 0. The van der Waals surface area contributed by atoms with Crippen LogP contribution >= 0.6 is 0 Å². The van der Waals surface area contributed by atoms with Gasteiger partial charge in [0.15, 0.2) is 0 Å². The molecule has 0 aliphatic carbocycles. The van der Waals surface area contributed by atoms with Gasteiger partial charge >= 0.3 is 0 Å². The van der Waals surface area contributed by atoms with Gasteiger partial charge in [0.25, 0.3) is 0 Å². The molecule has 92 valence electrons. The number of rotatable bonds is 5. The third-order valence-corrected chi connectivity index (χ3v) is 2.87. The van der Waals surface area contributed by atoms with E-state index >= 15 is 0 Å². The molecule has 1 aromatic heterocycles. The van der Waals surface area contributed by atoms with E-state index in [0.717, 1.165) is 29.7 Å². The fourth-order valence-corrected chi connectivity index (χ4v) is 2.03. The Morgan fingerprint density at radius 3 is 2.88 bits per heavy atom. The van der Waals surface area contributed by atoms with Crippen LogP contribution < -0.4 is 5.73 Å². The van der Waals surface area contributed by atoms with Crippen molar-refractivity contribution in [2.45, 2.75) is 32.4 Å². The smallest absolute Gasteiger partial charge is 0.109 e. The number of hydrogen-bond acceptors (Lipinski definition) is 3. The van der Waals surface area contributed by atoms with Crippen LogP contribution in [0.25, 0.3) is 11.0 Å². The molecule has 2 aromatic rings. The van der Waals surface area contributed by atoms with Gasteiger partial charge in [-0.15, -0.1) is 0 Å². The number of nitrogens with zero attached hydrogens (tertiary/aromatic N) is 2. The maximum absolute atomic E-state index is 9.71. The van der Waals surface area contributed by atoms with Gasteiger partial charge in [-0.2, -0.15) is 0 Å². The Morgan fingerprint density at radius 2 is 2.18 bits per heavy atom. The Morgan fingerprint density at radius 1 is 1.41 bits per heavy atom. The fraction of sp³-hybridized carbons (Fsp3) is 0.462. The van der Waals surface area contributed by atoms with E-state index in [-0.39, 0.29) is 6.54 Å². The number of fused-ring (bicyclic) bond motifs is 1. The van der Waals surface area contributed by atoms with Crippen LogP contribution in [0.3, 0.4) is 0 Å². The zero-order chi connectivity index (χ0) is 12.3. The molecule has 0 bridgehead atoms. The van der Waals surface area contributed by atoms with Crippen LogP contribution in [-0.4, -0.2) is 27.3 Å². The Balaban J connectivity index is 2.44. The van der Waals surface area contributed by atoms with E-state index in [1.165, 1.54) is 0 Å². The van der Waals surface area contributed by atoms with Crippen molar-refractivity contribution >= 4 is 11.0 Å². The molecule has 4 heteroatoms. The van der Waals surface area contributed by atoms with Gasteiger partial charge in [-0.05, 0) is 18.6 Å². The second kappa shape index (κ2) is 5.29. The summed E-state index contributed by atoms with van der Waals surface area (Å²) in [6.45, 7) is 2.92. The summed E-state index contributed by atoms with van der Waals surface area (Å²) >= 11 is 0. The van der Waals surface area contributed by atoms with E-state index < -0.39 is 6.10 Å². The molecule has 1 heterocycles. The van der Waals surface area contributed by atoms with E-state index in [0.29, 0.717) is 6.54 Å². The van der Waals surface area contributed by atoms with Crippen LogP contribution in [0.2, 0.25) is 0 Å². The van der Waals surface area contributed by atoms with Gasteiger partial charge in [0.05, 0.1) is 23.7 Å². The lowest BCUT2D eigenvalue weighted by molar-refractivity contribution is 0.162. The molecule has 1 atom stereocenters. The number of aryl methyl sites for hydroxylation is 1. The number of aromatic nitrogens is 2. The SMILES string of the molecule is CCCc1nc2ccccc2n1CC(O)CN. The first-order valence-electron chi connectivity index (χ1n) is 6.08. The lowest BCUT2D eigenvalue weighted by Crippen LogP contribution is -2.26. The molecule has 0 saturated carbocycles. The molecule has 0 radical (unpaired) electrons. The van der Waals surface area contributed by atoms with Crippen LogP contribution in [0.5, 0.6) is 0 Å².